The largest absolute Gasteiger partial charge is 0.392 e. The molecule has 1 aromatic carbocycles. The van der Waals surface area contributed by atoms with Crippen LogP contribution in [-0.2, 0) is 11.4 Å². The normalized spacial score (nSPS) is 10.0. The number of likely N-dealkylation sites (N-methyl/N-ethyl adjacent to an activating group) is 2. The first kappa shape index (κ1) is 12.8. The third kappa shape index (κ3) is 3.12. The van der Waals surface area contributed by atoms with Crippen LogP contribution in [0, 0.1) is 0 Å². The fraction of sp³-hybridized carbons (Fsp3) is 0.364. The molecule has 0 aliphatic rings. The van der Waals surface area contributed by atoms with Gasteiger partial charge >= 0.3 is 0 Å². The number of carbonyl (C=O) groups is 1. The van der Waals surface area contributed by atoms with E-state index in [-0.39, 0.29) is 19.1 Å². The second kappa shape index (κ2) is 5.72. The van der Waals surface area contributed by atoms with Gasteiger partial charge in [-0.3, -0.25) is 4.79 Å². The molecule has 0 fully saturated rings. The van der Waals surface area contributed by atoms with Crippen molar-refractivity contribution in [1.29, 1.82) is 0 Å². The third-order valence-electron chi connectivity index (χ3n) is 2.31. The van der Waals surface area contributed by atoms with Crippen LogP contribution in [0.2, 0.25) is 5.02 Å². The first-order valence-corrected chi connectivity index (χ1v) is 5.27. The Morgan fingerprint density at radius 1 is 1.56 bits per heavy atom. The van der Waals surface area contributed by atoms with E-state index in [0.29, 0.717) is 10.6 Å². The number of aliphatic hydroxyl groups excluding tert-OH is 1. The molecular formula is C11H15ClN2O2. The Hall–Kier alpha value is -1.26. The molecule has 4 nitrogen and oxygen atoms in total. The van der Waals surface area contributed by atoms with Gasteiger partial charge in [-0.15, -0.1) is 0 Å². The van der Waals surface area contributed by atoms with E-state index in [9.17, 15) is 4.79 Å². The summed E-state index contributed by atoms with van der Waals surface area (Å²) >= 11 is 5.96. The molecule has 0 aliphatic carbocycles. The van der Waals surface area contributed by atoms with E-state index in [4.69, 9.17) is 16.7 Å². The van der Waals surface area contributed by atoms with Crippen molar-refractivity contribution in [2.75, 3.05) is 25.5 Å². The minimum atomic E-state index is -0.0850. The van der Waals surface area contributed by atoms with Gasteiger partial charge in [0.1, 0.15) is 0 Å². The number of hydrogen-bond acceptors (Lipinski definition) is 3. The average molecular weight is 243 g/mol. The molecule has 0 radical (unpaired) electrons. The van der Waals surface area contributed by atoms with Crippen molar-refractivity contribution in [3.63, 3.8) is 0 Å². The molecule has 0 heterocycles. The van der Waals surface area contributed by atoms with E-state index in [1.165, 1.54) is 0 Å². The highest BCUT2D eigenvalue weighted by atomic mass is 35.5. The Balaban J connectivity index is 2.80. The second-order valence-corrected chi connectivity index (χ2v) is 3.87. The molecule has 0 unspecified atom stereocenters. The van der Waals surface area contributed by atoms with Gasteiger partial charge < -0.3 is 15.3 Å². The van der Waals surface area contributed by atoms with Crippen molar-refractivity contribution in [3.8, 4) is 0 Å². The van der Waals surface area contributed by atoms with Crippen LogP contribution in [0.1, 0.15) is 5.56 Å². The number of nitrogens with one attached hydrogen (secondary N) is 1. The highest BCUT2D eigenvalue weighted by Gasteiger charge is 2.07. The minimum Gasteiger partial charge on any atom is -0.392 e. The van der Waals surface area contributed by atoms with Crippen molar-refractivity contribution in [3.05, 3.63) is 28.8 Å². The van der Waals surface area contributed by atoms with Gasteiger partial charge in [0.2, 0.25) is 5.91 Å². The molecule has 0 saturated carbocycles. The number of amides is 1. The topological polar surface area (TPSA) is 52.6 Å². The maximum absolute atomic E-state index is 11.2. The molecule has 0 bridgehead atoms. The maximum atomic E-state index is 11.2. The molecule has 0 aliphatic heterocycles. The van der Waals surface area contributed by atoms with E-state index in [2.05, 4.69) is 5.32 Å². The predicted molar refractivity (Wildman–Crippen MR) is 64.7 cm³/mol. The lowest BCUT2D eigenvalue weighted by Gasteiger charge is -2.19. The van der Waals surface area contributed by atoms with E-state index in [0.717, 1.165) is 5.69 Å². The Labute approximate surface area is 99.8 Å². The van der Waals surface area contributed by atoms with E-state index >= 15 is 0 Å². The van der Waals surface area contributed by atoms with Crippen LogP contribution in [0.3, 0.4) is 0 Å². The lowest BCUT2D eigenvalue weighted by atomic mass is 10.2. The van der Waals surface area contributed by atoms with Crippen molar-refractivity contribution in [2.45, 2.75) is 6.61 Å². The molecule has 1 rings (SSSR count). The van der Waals surface area contributed by atoms with Crippen molar-refractivity contribution < 1.29 is 9.90 Å². The standard InChI is InChI=1S/C11H15ClN2O2/c1-13-11(16)6-14(2)9-4-3-8(7-15)10(12)5-9/h3-5,15H,6-7H2,1-2H3,(H,13,16). The minimum absolute atomic E-state index is 0.0649. The number of carbonyl (C=O) groups excluding carboxylic acids is 1. The summed E-state index contributed by atoms with van der Waals surface area (Å²) in [5.74, 6) is -0.0649. The van der Waals surface area contributed by atoms with Gasteiger partial charge in [0.25, 0.3) is 0 Å². The summed E-state index contributed by atoms with van der Waals surface area (Å²) in [5, 5.41) is 12.0. The Morgan fingerprint density at radius 3 is 2.75 bits per heavy atom. The Kier molecular flexibility index (Phi) is 4.58. The smallest absolute Gasteiger partial charge is 0.239 e. The van der Waals surface area contributed by atoms with E-state index < -0.39 is 0 Å². The van der Waals surface area contributed by atoms with Crippen LogP contribution in [-0.4, -0.2) is 31.7 Å². The van der Waals surface area contributed by atoms with Crippen LogP contribution >= 0.6 is 11.6 Å². The van der Waals surface area contributed by atoms with Crippen LogP contribution < -0.4 is 10.2 Å². The first-order chi connectivity index (χ1) is 7.58. The predicted octanol–water partition coefficient (Wildman–Crippen LogP) is 1.01. The SMILES string of the molecule is CNC(=O)CN(C)c1ccc(CO)c(Cl)c1. The summed E-state index contributed by atoms with van der Waals surface area (Å²) < 4.78 is 0. The van der Waals surface area contributed by atoms with Gasteiger partial charge in [-0.25, -0.2) is 0 Å². The number of anilines is 1. The van der Waals surface area contributed by atoms with Gasteiger partial charge in [-0.05, 0) is 17.7 Å². The fourth-order valence-corrected chi connectivity index (χ4v) is 1.52. The molecule has 16 heavy (non-hydrogen) atoms. The fourth-order valence-electron chi connectivity index (χ4n) is 1.29. The van der Waals surface area contributed by atoms with E-state index in [1.807, 2.05) is 6.07 Å². The summed E-state index contributed by atoms with van der Waals surface area (Å²) in [7, 11) is 3.40. The van der Waals surface area contributed by atoms with Crippen LogP contribution in [0.5, 0.6) is 0 Å². The van der Waals surface area contributed by atoms with E-state index in [1.54, 1.807) is 31.1 Å². The quantitative estimate of drug-likeness (QED) is 0.829. The van der Waals surface area contributed by atoms with Gasteiger partial charge in [0.15, 0.2) is 0 Å². The molecule has 1 aromatic rings. The summed E-state index contributed by atoms with van der Waals surface area (Å²) in [4.78, 5) is 13.0. The Bertz CT molecular complexity index is 382. The number of halogens is 1. The molecule has 5 heteroatoms. The molecule has 0 saturated heterocycles. The van der Waals surface area contributed by atoms with Gasteiger partial charge in [-0.1, -0.05) is 17.7 Å². The monoisotopic (exact) mass is 242 g/mol. The number of nitrogens with zero attached hydrogens (tertiary/aromatic N) is 1. The first-order valence-electron chi connectivity index (χ1n) is 4.89. The third-order valence-corrected chi connectivity index (χ3v) is 2.66. The van der Waals surface area contributed by atoms with Gasteiger partial charge in [0.05, 0.1) is 13.2 Å². The van der Waals surface area contributed by atoms with Crippen molar-refractivity contribution in [1.82, 2.24) is 5.32 Å². The molecule has 2 N–H and O–H groups in total. The summed E-state index contributed by atoms with van der Waals surface area (Å²) in [6, 6.07) is 5.30. The molecule has 1 amide bonds. The number of rotatable bonds is 4. The molecule has 0 atom stereocenters. The summed E-state index contributed by atoms with van der Waals surface area (Å²) in [6.45, 7) is 0.184. The lowest BCUT2D eigenvalue weighted by Crippen LogP contribution is -2.32. The molecule has 0 spiro atoms. The molecular weight excluding hydrogens is 228 g/mol. The highest BCUT2D eigenvalue weighted by Crippen LogP contribution is 2.22. The zero-order chi connectivity index (χ0) is 12.1. The van der Waals surface area contributed by atoms with Gasteiger partial charge in [0, 0.05) is 24.8 Å². The number of benzene rings is 1. The highest BCUT2D eigenvalue weighted by molar-refractivity contribution is 6.31. The average Bonchev–Trinajstić information content (AvgIpc) is 2.28. The van der Waals surface area contributed by atoms with Gasteiger partial charge in [-0.2, -0.15) is 0 Å². The summed E-state index contributed by atoms with van der Waals surface area (Å²) in [6.07, 6.45) is 0. The van der Waals surface area contributed by atoms with Crippen LogP contribution in [0.25, 0.3) is 0 Å². The van der Waals surface area contributed by atoms with Crippen LogP contribution in [0.15, 0.2) is 18.2 Å². The Morgan fingerprint density at radius 2 is 2.25 bits per heavy atom. The number of aliphatic hydroxyl groups is 1. The summed E-state index contributed by atoms with van der Waals surface area (Å²) in [5.41, 5.74) is 1.52. The molecule has 0 aromatic heterocycles. The van der Waals surface area contributed by atoms with Crippen molar-refractivity contribution in [2.24, 2.45) is 0 Å². The molecule has 88 valence electrons. The van der Waals surface area contributed by atoms with Crippen LogP contribution in [0.4, 0.5) is 5.69 Å². The number of hydrogen-bond donors (Lipinski definition) is 2. The zero-order valence-corrected chi connectivity index (χ0v) is 10.1. The zero-order valence-electron chi connectivity index (χ0n) is 9.33. The van der Waals surface area contributed by atoms with Crippen molar-refractivity contribution >= 4 is 23.2 Å². The lowest BCUT2D eigenvalue weighted by molar-refractivity contribution is -0.119. The second-order valence-electron chi connectivity index (χ2n) is 3.46. The maximum Gasteiger partial charge on any atom is 0.239 e.